The van der Waals surface area contributed by atoms with Gasteiger partial charge in [-0.05, 0) is 47.1 Å². The number of rotatable bonds is 3. The summed E-state index contributed by atoms with van der Waals surface area (Å²) in [5.74, 6) is 2.26. The first-order valence-corrected chi connectivity index (χ1v) is 8.41. The molecule has 2 aromatic rings. The Morgan fingerprint density at radius 3 is 2.75 bits per heavy atom. The van der Waals surface area contributed by atoms with Crippen LogP contribution < -0.4 is 11.1 Å². The van der Waals surface area contributed by atoms with Gasteiger partial charge in [0.05, 0.1) is 6.04 Å². The predicted molar refractivity (Wildman–Crippen MR) is 111 cm³/mol. The Labute approximate surface area is 160 Å². The molecule has 3 nitrogen and oxygen atoms in total. The van der Waals surface area contributed by atoms with E-state index in [9.17, 15) is 0 Å². The van der Waals surface area contributed by atoms with Crippen molar-refractivity contribution in [2.75, 3.05) is 5.32 Å². The summed E-state index contributed by atoms with van der Waals surface area (Å²) in [6.45, 7) is 4.39. The van der Waals surface area contributed by atoms with Crippen molar-refractivity contribution in [2.45, 2.75) is 38.1 Å². The second-order valence-corrected chi connectivity index (χ2v) is 7.00. The highest BCUT2D eigenvalue weighted by Crippen LogP contribution is 2.58. The van der Waals surface area contributed by atoms with Crippen molar-refractivity contribution < 1.29 is 0 Å². The average molecular weight is 433 g/mol. The molecular formula is C20H24IN3. The molecule has 126 valence electrons. The molecule has 0 radical (unpaired) electrons. The van der Waals surface area contributed by atoms with Gasteiger partial charge in [-0.1, -0.05) is 50.2 Å². The molecule has 3 N–H and O–H groups in total. The van der Waals surface area contributed by atoms with Crippen molar-refractivity contribution in [3.63, 3.8) is 0 Å². The molecule has 4 rings (SSSR count). The van der Waals surface area contributed by atoms with E-state index in [0.29, 0.717) is 29.8 Å². The summed E-state index contributed by atoms with van der Waals surface area (Å²) < 4.78 is 0. The lowest BCUT2D eigenvalue weighted by molar-refractivity contribution is 0.801. The molecular weight excluding hydrogens is 409 g/mol. The minimum absolute atomic E-state index is 0. The Balaban J connectivity index is 0.00000169. The van der Waals surface area contributed by atoms with Gasteiger partial charge in [-0.25, -0.2) is 4.99 Å². The monoisotopic (exact) mass is 433 g/mol. The van der Waals surface area contributed by atoms with Crippen LogP contribution in [0, 0.1) is 5.92 Å². The van der Waals surface area contributed by atoms with Crippen LogP contribution in [-0.2, 0) is 6.42 Å². The molecule has 2 aliphatic rings. The SMILES string of the molecule is CC(C)c1cccc(NC(N)=NC2C3Cc4ccccc4C32)c1.I. The number of fused-ring (bicyclic) bond motifs is 3. The highest BCUT2D eigenvalue weighted by molar-refractivity contribution is 14.0. The number of nitrogens with two attached hydrogens (primary N) is 1. The number of hydrogen-bond donors (Lipinski definition) is 2. The third-order valence-electron chi connectivity index (χ3n) is 5.11. The van der Waals surface area contributed by atoms with Gasteiger partial charge >= 0.3 is 0 Å². The van der Waals surface area contributed by atoms with Crippen LogP contribution in [0.4, 0.5) is 5.69 Å². The lowest BCUT2D eigenvalue weighted by Crippen LogP contribution is -2.23. The summed E-state index contributed by atoms with van der Waals surface area (Å²) in [5, 5.41) is 3.25. The van der Waals surface area contributed by atoms with Crippen LogP contribution in [0.5, 0.6) is 0 Å². The summed E-state index contributed by atoms with van der Waals surface area (Å²) in [4.78, 5) is 4.73. The van der Waals surface area contributed by atoms with Gasteiger partial charge in [0.2, 0.25) is 0 Å². The molecule has 0 bridgehead atoms. The molecule has 1 fully saturated rings. The van der Waals surface area contributed by atoms with E-state index in [4.69, 9.17) is 10.7 Å². The van der Waals surface area contributed by atoms with Crippen LogP contribution in [0.25, 0.3) is 0 Å². The maximum absolute atomic E-state index is 6.13. The molecule has 0 amide bonds. The molecule has 0 aliphatic heterocycles. The molecule has 4 heteroatoms. The van der Waals surface area contributed by atoms with Gasteiger partial charge in [0, 0.05) is 11.6 Å². The second-order valence-electron chi connectivity index (χ2n) is 7.00. The summed E-state index contributed by atoms with van der Waals surface area (Å²) in [6, 6.07) is 17.5. The van der Waals surface area contributed by atoms with Crippen LogP contribution in [0.1, 0.15) is 42.4 Å². The van der Waals surface area contributed by atoms with Crippen molar-refractivity contribution in [3.8, 4) is 0 Å². The first-order chi connectivity index (χ1) is 11.1. The molecule has 0 heterocycles. The first kappa shape index (κ1) is 17.3. The zero-order valence-corrected chi connectivity index (χ0v) is 16.4. The summed E-state index contributed by atoms with van der Waals surface area (Å²) in [6.07, 6.45) is 1.14. The minimum Gasteiger partial charge on any atom is -0.370 e. The van der Waals surface area contributed by atoms with E-state index in [-0.39, 0.29) is 24.0 Å². The number of guanidine groups is 1. The molecule has 2 aromatic carbocycles. The molecule has 0 aromatic heterocycles. The lowest BCUT2D eigenvalue weighted by atomic mass is 10.0. The number of aliphatic imine (C=N–C) groups is 1. The van der Waals surface area contributed by atoms with E-state index in [2.05, 4.69) is 61.6 Å². The van der Waals surface area contributed by atoms with Crippen molar-refractivity contribution in [3.05, 3.63) is 65.2 Å². The van der Waals surface area contributed by atoms with E-state index in [1.165, 1.54) is 16.7 Å². The third kappa shape index (κ3) is 3.16. The summed E-state index contributed by atoms with van der Waals surface area (Å²) in [5.41, 5.74) is 11.4. The summed E-state index contributed by atoms with van der Waals surface area (Å²) >= 11 is 0. The number of benzene rings is 2. The molecule has 2 aliphatic carbocycles. The second kappa shape index (κ2) is 6.75. The van der Waals surface area contributed by atoms with Gasteiger partial charge < -0.3 is 11.1 Å². The standard InChI is InChI=1S/C20H23N3.HI/c1-12(2)13-7-5-8-15(10-13)22-20(21)23-19-17-11-14-6-3-4-9-16(14)18(17)19;/h3-10,12,17-19H,11H2,1-2H3,(H3,21,22,23);1H. The Hall–Kier alpha value is -1.56. The van der Waals surface area contributed by atoms with Crippen molar-refractivity contribution in [1.82, 2.24) is 0 Å². The van der Waals surface area contributed by atoms with E-state index in [1.54, 1.807) is 0 Å². The fourth-order valence-corrected chi connectivity index (χ4v) is 3.81. The van der Waals surface area contributed by atoms with Gasteiger partial charge in [-0.3, -0.25) is 0 Å². The molecule has 0 spiro atoms. The largest absolute Gasteiger partial charge is 0.370 e. The third-order valence-corrected chi connectivity index (χ3v) is 5.11. The zero-order chi connectivity index (χ0) is 16.0. The van der Waals surface area contributed by atoms with Gasteiger partial charge in [-0.2, -0.15) is 0 Å². The van der Waals surface area contributed by atoms with Crippen molar-refractivity contribution in [2.24, 2.45) is 16.6 Å². The van der Waals surface area contributed by atoms with Crippen LogP contribution in [-0.4, -0.2) is 12.0 Å². The fourth-order valence-electron chi connectivity index (χ4n) is 3.81. The zero-order valence-electron chi connectivity index (χ0n) is 14.1. The molecule has 1 saturated carbocycles. The fraction of sp³-hybridized carbons (Fsp3) is 0.350. The van der Waals surface area contributed by atoms with Crippen molar-refractivity contribution >= 4 is 35.6 Å². The number of nitrogens with zero attached hydrogens (tertiary/aromatic N) is 1. The first-order valence-electron chi connectivity index (χ1n) is 8.41. The quantitative estimate of drug-likeness (QED) is 0.426. The number of hydrogen-bond acceptors (Lipinski definition) is 1. The van der Waals surface area contributed by atoms with Gasteiger partial charge in [0.25, 0.3) is 0 Å². The van der Waals surface area contributed by atoms with Gasteiger partial charge in [0.15, 0.2) is 5.96 Å². The van der Waals surface area contributed by atoms with Crippen LogP contribution in [0.15, 0.2) is 53.5 Å². The Morgan fingerprint density at radius 2 is 1.96 bits per heavy atom. The van der Waals surface area contributed by atoms with Crippen LogP contribution in [0.2, 0.25) is 0 Å². The van der Waals surface area contributed by atoms with Gasteiger partial charge in [-0.15, -0.1) is 24.0 Å². The highest BCUT2D eigenvalue weighted by atomic mass is 127. The van der Waals surface area contributed by atoms with E-state index in [0.717, 1.165) is 12.1 Å². The number of nitrogens with one attached hydrogen (secondary N) is 1. The van der Waals surface area contributed by atoms with E-state index in [1.807, 2.05) is 6.07 Å². The van der Waals surface area contributed by atoms with Gasteiger partial charge in [0.1, 0.15) is 0 Å². The highest BCUT2D eigenvalue weighted by Gasteiger charge is 2.55. The Kier molecular flexibility index (Phi) is 4.85. The maximum atomic E-state index is 6.13. The van der Waals surface area contributed by atoms with Crippen molar-refractivity contribution in [1.29, 1.82) is 0 Å². The van der Waals surface area contributed by atoms with E-state index < -0.39 is 0 Å². The average Bonchev–Trinajstić information content (AvgIpc) is 3.04. The normalized spacial score (nSPS) is 24.1. The van der Waals surface area contributed by atoms with E-state index >= 15 is 0 Å². The molecule has 0 saturated heterocycles. The minimum atomic E-state index is 0. The topological polar surface area (TPSA) is 50.4 Å². The summed E-state index contributed by atoms with van der Waals surface area (Å²) in [7, 11) is 0. The Bertz CT molecular complexity index is 769. The maximum Gasteiger partial charge on any atom is 0.193 e. The van der Waals surface area contributed by atoms with Crippen LogP contribution in [0.3, 0.4) is 0 Å². The van der Waals surface area contributed by atoms with Crippen LogP contribution >= 0.6 is 24.0 Å². The molecule has 3 atom stereocenters. The lowest BCUT2D eigenvalue weighted by Gasteiger charge is -2.10. The number of anilines is 1. The molecule has 24 heavy (non-hydrogen) atoms. The molecule has 3 unspecified atom stereocenters. The number of halogens is 1. The smallest absolute Gasteiger partial charge is 0.193 e. The Morgan fingerprint density at radius 1 is 1.17 bits per heavy atom. The predicted octanol–water partition coefficient (Wildman–Crippen LogP) is 4.49.